The Labute approximate surface area is 120 Å². The topological polar surface area (TPSA) is 18.5 Å². The molecule has 0 aliphatic carbocycles. The van der Waals surface area contributed by atoms with Gasteiger partial charge in [-0.15, -0.1) is 11.6 Å². The third-order valence-corrected chi connectivity index (χ3v) is 3.42. The van der Waals surface area contributed by atoms with Crippen LogP contribution in [0.4, 0.5) is 8.78 Å². The zero-order chi connectivity index (χ0) is 14.7. The van der Waals surface area contributed by atoms with Crippen LogP contribution in [0.2, 0.25) is 0 Å². The standard InChI is InChI=1S/C15H13ClF2O2/c1-19-12-7-6-9(8-13(12)20-2)15(16)14-10(17)4-3-5-11(14)18/h3-8,15H,1-2H3. The highest BCUT2D eigenvalue weighted by molar-refractivity contribution is 6.22. The molecule has 20 heavy (non-hydrogen) atoms. The molecule has 0 spiro atoms. The number of rotatable bonds is 4. The Morgan fingerprint density at radius 3 is 2.10 bits per heavy atom. The van der Waals surface area contributed by atoms with Crippen molar-refractivity contribution >= 4 is 11.6 Å². The molecule has 0 saturated carbocycles. The van der Waals surface area contributed by atoms with E-state index in [1.807, 2.05) is 0 Å². The van der Waals surface area contributed by atoms with Crippen LogP contribution < -0.4 is 9.47 Å². The second-order valence-electron chi connectivity index (χ2n) is 4.11. The summed E-state index contributed by atoms with van der Waals surface area (Å²) in [6.07, 6.45) is 0. The van der Waals surface area contributed by atoms with E-state index >= 15 is 0 Å². The number of hydrogen-bond acceptors (Lipinski definition) is 2. The van der Waals surface area contributed by atoms with Gasteiger partial charge in [0.2, 0.25) is 0 Å². The molecule has 0 bridgehead atoms. The van der Waals surface area contributed by atoms with Crippen LogP contribution in [0.1, 0.15) is 16.5 Å². The maximum Gasteiger partial charge on any atom is 0.161 e. The second-order valence-corrected chi connectivity index (χ2v) is 4.55. The first kappa shape index (κ1) is 14.6. The molecule has 2 nitrogen and oxygen atoms in total. The Hall–Kier alpha value is -1.81. The highest BCUT2D eigenvalue weighted by Gasteiger charge is 2.21. The Kier molecular flexibility index (Phi) is 4.45. The SMILES string of the molecule is COc1ccc(C(Cl)c2c(F)cccc2F)cc1OC. The minimum atomic E-state index is -0.948. The molecule has 1 unspecified atom stereocenters. The lowest BCUT2D eigenvalue weighted by atomic mass is 10.0. The van der Waals surface area contributed by atoms with Gasteiger partial charge >= 0.3 is 0 Å². The quantitative estimate of drug-likeness (QED) is 0.783. The van der Waals surface area contributed by atoms with Gasteiger partial charge in [0.25, 0.3) is 0 Å². The molecule has 0 amide bonds. The summed E-state index contributed by atoms with van der Waals surface area (Å²) >= 11 is 6.19. The fraction of sp³-hybridized carbons (Fsp3) is 0.200. The van der Waals surface area contributed by atoms with Crippen LogP contribution in [0.25, 0.3) is 0 Å². The van der Waals surface area contributed by atoms with E-state index in [9.17, 15) is 8.78 Å². The Morgan fingerprint density at radius 2 is 1.55 bits per heavy atom. The smallest absolute Gasteiger partial charge is 0.161 e. The summed E-state index contributed by atoms with van der Waals surface area (Å²) < 4.78 is 37.7. The van der Waals surface area contributed by atoms with Gasteiger partial charge < -0.3 is 9.47 Å². The number of hydrogen-bond donors (Lipinski definition) is 0. The summed E-state index contributed by atoms with van der Waals surface area (Å²) in [6.45, 7) is 0. The lowest BCUT2D eigenvalue weighted by molar-refractivity contribution is 0.354. The number of alkyl halides is 1. The Balaban J connectivity index is 2.46. The van der Waals surface area contributed by atoms with E-state index in [1.54, 1.807) is 18.2 Å². The maximum atomic E-state index is 13.7. The number of halogens is 3. The van der Waals surface area contributed by atoms with Gasteiger partial charge in [0.1, 0.15) is 11.6 Å². The molecule has 1 atom stereocenters. The Morgan fingerprint density at radius 1 is 0.950 bits per heavy atom. The summed E-state index contributed by atoms with van der Waals surface area (Å²) in [6, 6.07) is 8.53. The normalized spacial score (nSPS) is 12.1. The molecule has 0 radical (unpaired) electrons. The molecule has 0 heterocycles. The second kappa shape index (κ2) is 6.09. The summed E-state index contributed by atoms with van der Waals surface area (Å²) in [5.41, 5.74) is 0.342. The van der Waals surface area contributed by atoms with Gasteiger partial charge in [0, 0.05) is 5.56 Å². The number of benzene rings is 2. The molecular formula is C15H13ClF2O2. The molecule has 0 aromatic heterocycles. The maximum absolute atomic E-state index is 13.7. The van der Waals surface area contributed by atoms with Crippen molar-refractivity contribution in [3.05, 3.63) is 59.2 Å². The van der Waals surface area contributed by atoms with Crippen LogP contribution in [-0.2, 0) is 0 Å². The van der Waals surface area contributed by atoms with E-state index in [4.69, 9.17) is 21.1 Å². The summed E-state index contributed by atoms with van der Waals surface area (Å²) in [5.74, 6) is -0.388. The van der Waals surface area contributed by atoms with Crippen molar-refractivity contribution in [1.29, 1.82) is 0 Å². The van der Waals surface area contributed by atoms with Crippen molar-refractivity contribution < 1.29 is 18.3 Å². The van der Waals surface area contributed by atoms with E-state index < -0.39 is 17.0 Å². The fourth-order valence-electron chi connectivity index (χ4n) is 1.93. The summed E-state index contributed by atoms with van der Waals surface area (Å²) in [4.78, 5) is 0. The third kappa shape index (κ3) is 2.70. The van der Waals surface area contributed by atoms with Crippen LogP contribution in [0.5, 0.6) is 11.5 Å². The monoisotopic (exact) mass is 298 g/mol. The van der Waals surface area contributed by atoms with Crippen molar-refractivity contribution in [3.8, 4) is 11.5 Å². The number of ether oxygens (including phenoxy) is 2. The van der Waals surface area contributed by atoms with Crippen molar-refractivity contribution in [2.24, 2.45) is 0 Å². The molecule has 0 N–H and O–H groups in total. The predicted octanol–water partition coefficient (Wildman–Crippen LogP) is 4.31. The minimum Gasteiger partial charge on any atom is -0.493 e. The first-order valence-electron chi connectivity index (χ1n) is 5.88. The van der Waals surface area contributed by atoms with Gasteiger partial charge in [-0.05, 0) is 29.8 Å². The van der Waals surface area contributed by atoms with Crippen LogP contribution in [0, 0.1) is 11.6 Å². The van der Waals surface area contributed by atoms with E-state index in [2.05, 4.69) is 0 Å². The largest absolute Gasteiger partial charge is 0.493 e. The summed E-state index contributed by atoms with van der Waals surface area (Å²) in [7, 11) is 2.99. The lowest BCUT2D eigenvalue weighted by Crippen LogP contribution is -2.02. The van der Waals surface area contributed by atoms with Gasteiger partial charge in [-0.2, -0.15) is 0 Å². The molecule has 0 saturated heterocycles. The molecule has 2 aromatic carbocycles. The molecule has 2 aromatic rings. The van der Waals surface area contributed by atoms with Gasteiger partial charge in [0.15, 0.2) is 11.5 Å². The highest BCUT2D eigenvalue weighted by Crippen LogP contribution is 2.37. The molecule has 2 rings (SSSR count). The Bertz CT molecular complexity index is 597. The molecule has 0 fully saturated rings. The highest BCUT2D eigenvalue weighted by atomic mass is 35.5. The zero-order valence-electron chi connectivity index (χ0n) is 11.0. The van der Waals surface area contributed by atoms with E-state index in [0.717, 1.165) is 0 Å². The predicted molar refractivity (Wildman–Crippen MR) is 73.6 cm³/mol. The first-order valence-corrected chi connectivity index (χ1v) is 6.32. The van der Waals surface area contributed by atoms with Crippen molar-refractivity contribution in [2.45, 2.75) is 5.38 Å². The van der Waals surface area contributed by atoms with Gasteiger partial charge in [-0.3, -0.25) is 0 Å². The van der Waals surface area contributed by atoms with Crippen molar-refractivity contribution in [2.75, 3.05) is 14.2 Å². The van der Waals surface area contributed by atoms with Crippen molar-refractivity contribution in [1.82, 2.24) is 0 Å². The fourth-order valence-corrected chi connectivity index (χ4v) is 2.27. The van der Waals surface area contributed by atoms with E-state index in [-0.39, 0.29) is 5.56 Å². The molecular weight excluding hydrogens is 286 g/mol. The minimum absolute atomic E-state index is 0.179. The molecule has 0 aliphatic rings. The third-order valence-electron chi connectivity index (χ3n) is 2.95. The average molecular weight is 299 g/mol. The zero-order valence-corrected chi connectivity index (χ0v) is 11.7. The van der Waals surface area contributed by atoms with E-state index in [1.165, 1.54) is 32.4 Å². The van der Waals surface area contributed by atoms with Crippen LogP contribution in [0.15, 0.2) is 36.4 Å². The van der Waals surface area contributed by atoms with Crippen LogP contribution in [0.3, 0.4) is 0 Å². The number of methoxy groups -OCH3 is 2. The summed E-state index contributed by atoms with van der Waals surface area (Å²) in [5, 5.41) is -0.948. The van der Waals surface area contributed by atoms with Gasteiger partial charge in [-0.1, -0.05) is 12.1 Å². The average Bonchev–Trinajstić information content (AvgIpc) is 2.46. The van der Waals surface area contributed by atoms with Gasteiger partial charge in [0.05, 0.1) is 19.6 Å². The van der Waals surface area contributed by atoms with Crippen molar-refractivity contribution in [3.63, 3.8) is 0 Å². The van der Waals surface area contributed by atoms with Crippen LogP contribution >= 0.6 is 11.6 Å². The van der Waals surface area contributed by atoms with Crippen LogP contribution in [-0.4, -0.2) is 14.2 Å². The van der Waals surface area contributed by atoms with E-state index in [0.29, 0.717) is 17.1 Å². The first-order chi connectivity index (χ1) is 9.58. The molecule has 5 heteroatoms. The molecule has 0 aliphatic heterocycles. The van der Waals surface area contributed by atoms with Gasteiger partial charge in [-0.25, -0.2) is 8.78 Å². The lowest BCUT2D eigenvalue weighted by Gasteiger charge is -2.15. The molecule has 106 valence electrons.